The van der Waals surface area contributed by atoms with Gasteiger partial charge in [-0.15, -0.1) is 0 Å². The molecule has 2 heterocycles. The fraction of sp³-hybridized carbons (Fsp3) is 0.562. The highest BCUT2D eigenvalue weighted by Crippen LogP contribution is 2.27. The van der Waals surface area contributed by atoms with Crippen LogP contribution in [0.15, 0.2) is 18.2 Å². The Morgan fingerprint density at radius 2 is 2.25 bits per heavy atom. The zero-order valence-electron chi connectivity index (χ0n) is 12.4. The van der Waals surface area contributed by atoms with Crippen LogP contribution in [-0.4, -0.2) is 55.5 Å². The van der Waals surface area contributed by atoms with Crippen molar-refractivity contribution in [3.8, 4) is 0 Å². The third kappa shape index (κ3) is 2.40. The van der Waals surface area contributed by atoms with Gasteiger partial charge in [-0.05, 0) is 51.1 Å². The first kappa shape index (κ1) is 13.4. The van der Waals surface area contributed by atoms with Crippen LogP contribution < -0.4 is 5.32 Å². The van der Waals surface area contributed by atoms with Crippen molar-refractivity contribution < 1.29 is 4.79 Å². The summed E-state index contributed by atoms with van der Waals surface area (Å²) in [6.07, 6.45) is 3.19. The molecule has 1 amide bonds. The second-order valence-corrected chi connectivity index (χ2v) is 6.02. The van der Waals surface area contributed by atoms with Crippen LogP contribution in [0, 0.1) is 0 Å². The van der Waals surface area contributed by atoms with E-state index < -0.39 is 0 Å². The summed E-state index contributed by atoms with van der Waals surface area (Å²) in [6.45, 7) is 2.73. The molecule has 2 aliphatic rings. The molecule has 1 atom stereocenters. The van der Waals surface area contributed by atoms with Gasteiger partial charge in [0, 0.05) is 36.9 Å². The molecule has 4 nitrogen and oxygen atoms in total. The smallest absolute Gasteiger partial charge is 0.254 e. The van der Waals surface area contributed by atoms with Gasteiger partial charge >= 0.3 is 0 Å². The Bertz CT molecular complexity index is 512. The first-order valence-corrected chi connectivity index (χ1v) is 7.48. The molecule has 0 spiro atoms. The standard InChI is InChI=1S/C16H23N3O/c1-18(2)12-8-10-19(11-12)16(20)14-5-3-7-15-13(14)6-4-9-17-15/h3,5,7,12,17H,4,6,8-11H2,1-2H3. The molecule has 1 aromatic carbocycles. The number of carbonyl (C=O) groups is 1. The van der Waals surface area contributed by atoms with E-state index in [1.165, 1.54) is 5.56 Å². The molecule has 1 N–H and O–H groups in total. The van der Waals surface area contributed by atoms with Crippen molar-refractivity contribution in [3.63, 3.8) is 0 Å². The van der Waals surface area contributed by atoms with Gasteiger partial charge in [0.15, 0.2) is 0 Å². The van der Waals surface area contributed by atoms with Crippen molar-refractivity contribution in [2.45, 2.75) is 25.3 Å². The molecule has 1 saturated heterocycles. The summed E-state index contributed by atoms with van der Waals surface area (Å²) >= 11 is 0. The summed E-state index contributed by atoms with van der Waals surface area (Å²) in [5.41, 5.74) is 3.25. The molecule has 0 bridgehead atoms. The summed E-state index contributed by atoms with van der Waals surface area (Å²) < 4.78 is 0. The highest BCUT2D eigenvalue weighted by Gasteiger charge is 2.29. The largest absolute Gasteiger partial charge is 0.385 e. The summed E-state index contributed by atoms with van der Waals surface area (Å²) in [5.74, 6) is 0.204. The zero-order chi connectivity index (χ0) is 14.1. The second-order valence-electron chi connectivity index (χ2n) is 6.02. The highest BCUT2D eigenvalue weighted by molar-refractivity contribution is 5.97. The molecule has 1 unspecified atom stereocenters. The number of likely N-dealkylation sites (tertiary alicyclic amines) is 1. The molecule has 0 aromatic heterocycles. The topological polar surface area (TPSA) is 35.6 Å². The van der Waals surface area contributed by atoms with Gasteiger partial charge < -0.3 is 15.1 Å². The molecule has 1 aromatic rings. The lowest BCUT2D eigenvalue weighted by atomic mass is 9.97. The molecule has 20 heavy (non-hydrogen) atoms. The van der Waals surface area contributed by atoms with E-state index in [4.69, 9.17) is 0 Å². The maximum Gasteiger partial charge on any atom is 0.254 e. The number of carbonyl (C=O) groups excluding carboxylic acids is 1. The number of amides is 1. The molecule has 0 aliphatic carbocycles. The second kappa shape index (κ2) is 5.44. The summed E-state index contributed by atoms with van der Waals surface area (Å²) in [6, 6.07) is 6.55. The summed E-state index contributed by atoms with van der Waals surface area (Å²) in [5, 5.41) is 3.40. The molecular formula is C16H23N3O. The highest BCUT2D eigenvalue weighted by atomic mass is 16.2. The SMILES string of the molecule is CN(C)C1CCN(C(=O)c2cccc3c2CCCN3)C1. The Labute approximate surface area is 120 Å². The van der Waals surface area contributed by atoms with Crippen LogP contribution in [-0.2, 0) is 6.42 Å². The van der Waals surface area contributed by atoms with E-state index in [0.29, 0.717) is 6.04 Å². The Kier molecular flexibility index (Phi) is 3.66. The lowest BCUT2D eigenvalue weighted by Crippen LogP contribution is -2.35. The van der Waals surface area contributed by atoms with Crippen molar-refractivity contribution >= 4 is 11.6 Å². The first-order valence-electron chi connectivity index (χ1n) is 7.48. The first-order chi connectivity index (χ1) is 9.66. The Morgan fingerprint density at radius 3 is 3.00 bits per heavy atom. The van der Waals surface area contributed by atoms with Gasteiger partial charge in [0.25, 0.3) is 5.91 Å². The normalized spacial score (nSPS) is 21.8. The van der Waals surface area contributed by atoms with Crippen LogP contribution in [0.4, 0.5) is 5.69 Å². The van der Waals surface area contributed by atoms with E-state index in [-0.39, 0.29) is 5.91 Å². The van der Waals surface area contributed by atoms with Crippen molar-refractivity contribution in [2.24, 2.45) is 0 Å². The Balaban J connectivity index is 1.81. The number of hydrogen-bond donors (Lipinski definition) is 1. The fourth-order valence-electron chi connectivity index (χ4n) is 3.23. The maximum atomic E-state index is 12.8. The van der Waals surface area contributed by atoms with Crippen molar-refractivity contribution in [1.82, 2.24) is 9.80 Å². The van der Waals surface area contributed by atoms with Gasteiger partial charge in [0.2, 0.25) is 0 Å². The van der Waals surface area contributed by atoms with E-state index in [9.17, 15) is 4.79 Å². The third-order valence-electron chi connectivity index (χ3n) is 4.51. The maximum absolute atomic E-state index is 12.8. The quantitative estimate of drug-likeness (QED) is 0.893. The fourth-order valence-corrected chi connectivity index (χ4v) is 3.23. The van der Waals surface area contributed by atoms with E-state index >= 15 is 0 Å². The van der Waals surface area contributed by atoms with Crippen LogP contribution in [0.25, 0.3) is 0 Å². The minimum Gasteiger partial charge on any atom is -0.385 e. The number of likely N-dealkylation sites (N-methyl/N-ethyl adjacent to an activating group) is 1. The zero-order valence-corrected chi connectivity index (χ0v) is 12.4. The van der Waals surface area contributed by atoms with Crippen molar-refractivity contribution in [2.75, 3.05) is 39.0 Å². The van der Waals surface area contributed by atoms with Crippen LogP contribution in [0.3, 0.4) is 0 Å². The average Bonchev–Trinajstić information content (AvgIpc) is 2.96. The third-order valence-corrected chi connectivity index (χ3v) is 4.51. The lowest BCUT2D eigenvalue weighted by molar-refractivity contribution is 0.0782. The van der Waals surface area contributed by atoms with E-state index in [1.807, 2.05) is 17.0 Å². The molecule has 2 aliphatic heterocycles. The lowest BCUT2D eigenvalue weighted by Gasteiger charge is -2.24. The summed E-state index contributed by atoms with van der Waals surface area (Å²) in [4.78, 5) is 17.0. The van der Waals surface area contributed by atoms with Crippen LogP contribution in [0.1, 0.15) is 28.8 Å². The predicted octanol–water partition coefficient (Wildman–Crippen LogP) is 1.82. The number of nitrogens with zero attached hydrogens (tertiary/aromatic N) is 2. The molecule has 3 rings (SSSR count). The van der Waals surface area contributed by atoms with Gasteiger partial charge in [-0.3, -0.25) is 4.79 Å². The molecule has 0 radical (unpaired) electrons. The van der Waals surface area contributed by atoms with E-state index in [2.05, 4.69) is 30.4 Å². The van der Waals surface area contributed by atoms with Gasteiger partial charge in [0.1, 0.15) is 0 Å². The molecular weight excluding hydrogens is 250 g/mol. The molecule has 108 valence electrons. The predicted molar refractivity (Wildman–Crippen MR) is 81.2 cm³/mol. The van der Waals surface area contributed by atoms with E-state index in [0.717, 1.165) is 50.1 Å². The number of benzene rings is 1. The number of fused-ring (bicyclic) bond motifs is 1. The van der Waals surface area contributed by atoms with Crippen molar-refractivity contribution in [3.05, 3.63) is 29.3 Å². The van der Waals surface area contributed by atoms with Gasteiger partial charge in [-0.1, -0.05) is 6.07 Å². The van der Waals surface area contributed by atoms with E-state index in [1.54, 1.807) is 0 Å². The van der Waals surface area contributed by atoms with Gasteiger partial charge in [0.05, 0.1) is 0 Å². The molecule has 0 saturated carbocycles. The number of nitrogens with one attached hydrogen (secondary N) is 1. The van der Waals surface area contributed by atoms with Crippen molar-refractivity contribution in [1.29, 1.82) is 0 Å². The van der Waals surface area contributed by atoms with Crippen LogP contribution in [0.5, 0.6) is 0 Å². The van der Waals surface area contributed by atoms with Crippen LogP contribution >= 0.6 is 0 Å². The van der Waals surface area contributed by atoms with Crippen LogP contribution in [0.2, 0.25) is 0 Å². The molecule has 4 heteroatoms. The van der Waals surface area contributed by atoms with Gasteiger partial charge in [-0.25, -0.2) is 0 Å². The molecule has 1 fully saturated rings. The van der Waals surface area contributed by atoms with Gasteiger partial charge in [-0.2, -0.15) is 0 Å². The minimum absolute atomic E-state index is 0.204. The monoisotopic (exact) mass is 273 g/mol. The Hall–Kier alpha value is -1.55. The Morgan fingerprint density at radius 1 is 1.40 bits per heavy atom. The average molecular weight is 273 g/mol. The minimum atomic E-state index is 0.204. The summed E-state index contributed by atoms with van der Waals surface area (Å²) in [7, 11) is 4.18. The number of rotatable bonds is 2. The number of hydrogen-bond acceptors (Lipinski definition) is 3. The number of anilines is 1.